The van der Waals surface area contributed by atoms with Gasteiger partial charge in [0.1, 0.15) is 23.4 Å². The van der Waals surface area contributed by atoms with E-state index in [2.05, 4.69) is 16.9 Å². The minimum absolute atomic E-state index is 0.0674. The van der Waals surface area contributed by atoms with Gasteiger partial charge >= 0.3 is 0 Å². The number of aliphatic hydroxyl groups is 1. The molecule has 3 heterocycles. The predicted octanol–water partition coefficient (Wildman–Crippen LogP) is 4.49. The molecule has 2 amide bonds. The molecular weight excluding hydrogens is 582 g/mol. The Morgan fingerprint density at radius 1 is 1.23 bits per heavy atom. The molecule has 1 fully saturated rings. The number of benzene rings is 2. The highest BCUT2D eigenvalue weighted by Gasteiger charge is 2.44. The molecular formula is C30H29ClF2N6O4. The van der Waals surface area contributed by atoms with Gasteiger partial charge in [-0.05, 0) is 43.7 Å². The van der Waals surface area contributed by atoms with Gasteiger partial charge in [-0.25, -0.2) is 8.78 Å². The number of anilines is 3. The second-order valence-electron chi connectivity index (χ2n) is 10.4. The first-order chi connectivity index (χ1) is 20.4. The second kappa shape index (κ2) is 11.3. The number of carbonyl (C=O) groups excluding carboxylic acids is 2. The summed E-state index contributed by atoms with van der Waals surface area (Å²) in [5.41, 5.74) is -0.640. The molecule has 2 aliphatic rings. The number of fused-ring (bicyclic) bond motifs is 2. The van der Waals surface area contributed by atoms with Crippen molar-refractivity contribution < 1.29 is 28.6 Å². The fourth-order valence-corrected chi connectivity index (χ4v) is 5.97. The van der Waals surface area contributed by atoms with Crippen molar-refractivity contribution in [3.8, 4) is 16.9 Å². The van der Waals surface area contributed by atoms with Crippen LogP contribution in [0.5, 0.6) is 5.75 Å². The predicted molar refractivity (Wildman–Crippen MR) is 159 cm³/mol. The van der Waals surface area contributed by atoms with Crippen LogP contribution in [0, 0.1) is 24.0 Å². The molecule has 1 saturated heterocycles. The quantitative estimate of drug-likeness (QED) is 0.313. The number of aromatic hydroxyl groups is 1. The first kappa shape index (κ1) is 29.9. The van der Waals surface area contributed by atoms with E-state index in [0.717, 1.165) is 17.0 Å². The number of likely N-dealkylation sites (N-methyl/N-ethyl adjacent to an activating group) is 1. The number of rotatable bonds is 5. The maximum absolute atomic E-state index is 16.9. The normalized spacial score (nSPS) is 17.3. The number of aromatic nitrogens is 1. The molecule has 2 unspecified atom stereocenters. The highest BCUT2D eigenvalue weighted by molar-refractivity contribution is 6.39. The van der Waals surface area contributed by atoms with Crippen LogP contribution in [0.3, 0.4) is 0 Å². The van der Waals surface area contributed by atoms with Gasteiger partial charge in [0.2, 0.25) is 5.91 Å². The van der Waals surface area contributed by atoms with Crippen LogP contribution in [0.15, 0.2) is 43.1 Å². The Hall–Kier alpha value is -4.55. The fraction of sp³-hybridized carbons (Fsp3) is 0.267. The number of piperazine rings is 1. The van der Waals surface area contributed by atoms with Gasteiger partial charge < -0.3 is 30.2 Å². The summed E-state index contributed by atoms with van der Waals surface area (Å²) >= 11 is 6.81. The number of aryl methyl sites for hydroxylation is 1. The van der Waals surface area contributed by atoms with Crippen molar-refractivity contribution in [2.45, 2.75) is 26.0 Å². The molecule has 0 spiro atoms. The highest BCUT2D eigenvalue weighted by atomic mass is 35.5. The number of nitrogens with zero attached hydrogens (tertiary/aromatic N) is 4. The zero-order valence-electron chi connectivity index (χ0n) is 23.6. The third-order valence-electron chi connectivity index (χ3n) is 7.77. The lowest BCUT2D eigenvalue weighted by atomic mass is 9.96. The van der Waals surface area contributed by atoms with Crippen LogP contribution in [0.2, 0.25) is 5.02 Å². The lowest BCUT2D eigenvalue weighted by molar-refractivity contribution is -0.131. The number of hydrogen-bond donors (Lipinski definition) is 4. The summed E-state index contributed by atoms with van der Waals surface area (Å²) in [7, 11) is 1.39. The maximum atomic E-state index is 16.9. The van der Waals surface area contributed by atoms with Crippen molar-refractivity contribution in [3.63, 3.8) is 0 Å². The lowest BCUT2D eigenvalue weighted by Crippen LogP contribution is -2.60. The fourth-order valence-electron chi connectivity index (χ4n) is 5.57. The van der Waals surface area contributed by atoms with E-state index >= 15 is 8.78 Å². The standard InChI is InChI=1S/C30H29ClF2N6O4/c1-5-19(42)38-11-12-39-17(13-38)30(43)37(4)28-22(29(39)34)27(36-25-14(2)9-10-35-26(25)15(3)40)24(33)21(23(28)31)20-16(32)7-6-8-18(20)41/h5-10,15,17,34,36,40-41H,1,11-13H2,2-4H3. The number of amidine groups is 1. The number of halogens is 3. The number of nitrogens with one attached hydrogen (secondary N) is 2. The number of pyridine rings is 1. The number of phenolic OH excluding ortho intramolecular Hbond substituents is 1. The minimum Gasteiger partial charge on any atom is -0.507 e. The summed E-state index contributed by atoms with van der Waals surface area (Å²) in [6.45, 7) is 6.87. The molecule has 5 rings (SSSR count). The second-order valence-corrected chi connectivity index (χ2v) is 10.7. The summed E-state index contributed by atoms with van der Waals surface area (Å²) in [6.07, 6.45) is 1.54. The third-order valence-corrected chi connectivity index (χ3v) is 8.14. The Kier molecular flexibility index (Phi) is 7.84. The zero-order chi connectivity index (χ0) is 31.3. The number of carbonyl (C=O) groups is 2. The molecule has 43 heavy (non-hydrogen) atoms. The topological polar surface area (TPSA) is 133 Å². The number of aliphatic hydroxyl groups excluding tert-OH is 1. The maximum Gasteiger partial charge on any atom is 0.251 e. The minimum atomic E-state index is -1.10. The molecule has 224 valence electrons. The summed E-state index contributed by atoms with van der Waals surface area (Å²) in [5, 5.41) is 32.9. The van der Waals surface area contributed by atoms with E-state index in [1.807, 2.05) is 0 Å². The molecule has 10 nitrogen and oxygen atoms in total. The monoisotopic (exact) mass is 610 g/mol. The van der Waals surface area contributed by atoms with E-state index in [1.54, 1.807) is 13.0 Å². The zero-order valence-corrected chi connectivity index (χ0v) is 24.3. The summed E-state index contributed by atoms with van der Waals surface area (Å²) < 4.78 is 32.1. The molecule has 13 heteroatoms. The van der Waals surface area contributed by atoms with Crippen LogP contribution in [-0.4, -0.2) is 75.4 Å². The van der Waals surface area contributed by atoms with Crippen LogP contribution in [-0.2, 0) is 9.59 Å². The van der Waals surface area contributed by atoms with Gasteiger partial charge in [-0.2, -0.15) is 0 Å². The number of hydrogen-bond acceptors (Lipinski definition) is 7. The van der Waals surface area contributed by atoms with Gasteiger partial charge in [-0.1, -0.05) is 24.2 Å². The van der Waals surface area contributed by atoms with E-state index in [1.165, 1.54) is 42.1 Å². The Balaban J connectivity index is 1.83. The van der Waals surface area contributed by atoms with Gasteiger partial charge in [0, 0.05) is 31.9 Å². The Labute approximate surface area is 251 Å². The third kappa shape index (κ3) is 4.86. The molecule has 2 atom stereocenters. The van der Waals surface area contributed by atoms with Crippen LogP contribution >= 0.6 is 11.6 Å². The van der Waals surface area contributed by atoms with E-state index in [9.17, 15) is 25.2 Å². The van der Waals surface area contributed by atoms with Crippen LogP contribution in [0.1, 0.15) is 29.8 Å². The average Bonchev–Trinajstić information content (AvgIpc) is 3.05. The van der Waals surface area contributed by atoms with Crippen molar-refractivity contribution in [3.05, 3.63) is 76.6 Å². The van der Waals surface area contributed by atoms with E-state index in [4.69, 9.17) is 11.6 Å². The average molecular weight is 611 g/mol. The van der Waals surface area contributed by atoms with Crippen LogP contribution in [0.25, 0.3) is 11.1 Å². The van der Waals surface area contributed by atoms with Gasteiger partial charge in [0.15, 0.2) is 5.82 Å². The number of amides is 2. The van der Waals surface area contributed by atoms with E-state index < -0.39 is 51.6 Å². The van der Waals surface area contributed by atoms with Crippen LogP contribution in [0.4, 0.5) is 25.8 Å². The summed E-state index contributed by atoms with van der Waals surface area (Å²) in [4.78, 5) is 34.6. The van der Waals surface area contributed by atoms with Crippen molar-refractivity contribution in [2.24, 2.45) is 0 Å². The molecule has 2 aromatic carbocycles. The largest absolute Gasteiger partial charge is 0.507 e. The van der Waals surface area contributed by atoms with Gasteiger partial charge in [0.05, 0.1) is 51.6 Å². The van der Waals surface area contributed by atoms with Gasteiger partial charge in [-0.3, -0.25) is 20.0 Å². The van der Waals surface area contributed by atoms with Crippen molar-refractivity contribution in [1.29, 1.82) is 5.41 Å². The first-order valence-corrected chi connectivity index (χ1v) is 13.7. The first-order valence-electron chi connectivity index (χ1n) is 13.4. The molecule has 0 bridgehead atoms. The van der Waals surface area contributed by atoms with Crippen molar-refractivity contribution in [2.75, 3.05) is 36.9 Å². The molecule has 3 aromatic rings. The molecule has 1 aromatic heterocycles. The molecule has 0 saturated carbocycles. The molecule has 4 N–H and O–H groups in total. The van der Waals surface area contributed by atoms with Gasteiger partial charge in [-0.15, -0.1) is 0 Å². The van der Waals surface area contributed by atoms with E-state index in [-0.39, 0.29) is 59.7 Å². The molecule has 0 aliphatic carbocycles. The van der Waals surface area contributed by atoms with Crippen molar-refractivity contribution >= 4 is 46.3 Å². The van der Waals surface area contributed by atoms with Crippen LogP contribution < -0.4 is 10.2 Å². The Morgan fingerprint density at radius 2 is 1.95 bits per heavy atom. The summed E-state index contributed by atoms with van der Waals surface area (Å²) in [5.74, 6) is -3.87. The Morgan fingerprint density at radius 3 is 2.60 bits per heavy atom. The summed E-state index contributed by atoms with van der Waals surface area (Å²) in [6, 6.07) is 4.07. The molecule has 2 aliphatic heterocycles. The van der Waals surface area contributed by atoms with Gasteiger partial charge in [0.25, 0.3) is 5.91 Å². The SMILES string of the molecule is C=CC(=O)N1CCN2C(=N)c3c(Nc4c(C)ccnc4C(C)O)c(F)c(-c4c(O)cccc4F)c(Cl)c3N(C)C(=O)C2C1. The van der Waals surface area contributed by atoms with Crippen molar-refractivity contribution in [1.82, 2.24) is 14.8 Å². The van der Waals surface area contributed by atoms with E-state index in [0.29, 0.717) is 5.56 Å². The highest BCUT2D eigenvalue weighted by Crippen LogP contribution is 2.50. The number of phenols is 1. The lowest BCUT2D eigenvalue weighted by Gasteiger charge is -2.40. The Bertz CT molecular complexity index is 1680. The smallest absolute Gasteiger partial charge is 0.251 e. The molecule has 0 radical (unpaired) electrons.